The monoisotopic (exact) mass is 296 g/mol. The SMILES string of the molecule is C=C(C)/C(=C(/N)N=C(C)C(=C)c1ccccc1C)C(C)C=O. The van der Waals surface area contributed by atoms with E-state index in [1.165, 1.54) is 0 Å². The zero-order chi connectivity index (χ0) is 16.9. The predicted octanol–water partition coefficient (Wildman–Crippen LogP) is 4.05. The molecule has 0 aliphatic rings. The lowest BCUT2D eigenvalue weighted by Crippen LogP contribution is -2.11. The fraction of sp³-hybridized carbons (Fsp3) is 0.263. The fourth-order valence-corrected chi connectivity index (χ4v) is 2.32. The lowest BCUT2D eigenvalue weighted by molar-refractivity contribution is -0.109. The molecule has 0 aliphatic heterocycles. The first kappa shape index (κ1) is 17.6. The fourth-order valence-electron chi connectivity index (χ4n) is 2.32. The van der Waals surface area contributed by atoms with Gasteiger partial charge >= 0.3 is 0 Å². The Morgan fingerprint density at radius 3 is 2.36 bits per heavy atom. The number of aryl methyl sites for hydroxylation is 1. The molecule has 0 aliphatic carbocycles. The summed E-state index contributed by atoms with van der Waals surface area (Å²) in [6, 6.07) is 7.98. The molecule has 1 rings (SSSR count). The summed E-state index contributed by atoms with van der Waals surface area (Å²) >= 11 is 0. The highest BCUT2D eigenvalue weighted by Crippen LogP contribution is 2.22. The van der Waals surface area contributed by atoms with Gasteiger partial charge in [-0.3, -0.25) is 0 Å². The van der Waals surface area contributed by atoms with Crippen LogP contribution in [0.25, 0.3) is 5.57 Å². The van der Waals surface area contributed by atoms with Crippen LogP contribution in [0.5, 0.6) is 0 Å². The maximum atomic E-state index is 11.0. The molecule has 1 atom stereocenters. The first-order valence-corrected chi connectivity index (χ1v) is 7.21. The molecular formula is C19H24N2O. The topological polar surface area (TPSA) is 55.4 Å². The summed E-state index contributed by atoms with van der Waals surface area (Å²) in [6.45, 7) is 15.5. The Morgan fingerprint density at radius 2 is 1.86 bits per heavy atom. The summed E-state index contributed by atoms with van der Waals surface area (Å²) < 4.78 is 0. The summed E-state index contributed by atoms with van der Waals surface area (Å²) in [5.41, 5.74) is 11.2. The molecule has 3 heteroatoms. The van der Waals surface area contributed by atoms with Gasteiger partial charge in [-0.2, -0.15) is 0 Å². The summed E-state index contributed by atoms with van der Waals surface area (Å²) in [5.74, 6) is -0.0138. The van der Waals surface area contributed by atoms with Crippen LogP contribution in [0.2, 0.25) is 0 Å². The molecule has 0 heterocycles. The van der Waals surface area contributed by atoms with E-state index in [1.807, 2.05) is 45.0 Å². The zero-order valence-electron chi connectivity index (χ0n) is 13.8. The van der Waals surface area contributed by atoms with E-state index in [4.69, 9.17) is 5.73 Å². The highest BCUT2D eigenvalue weighted by atomic mass is 16.1. The number of aldehydes is 1. The number of nitrogens with two attached hydrogens (primary N) is 1. The van der Waals surface area contributed by atoms with Crippen LogP contribution in [-0.4, -0.2) is 12.0 Å². The van der Waals surface area contributed by atoms with Gasteiger partial charge in [-0.25, -0.2) is 4.99 Å². The molecule has 0 radical (unpaired) electrons. The molecule has 0 saturated heterocycles. The minimum absolute atomic E-state index is 0.319. The third-order valence-electron chi connectivity index (χ3n) is 3.59. The Hall–Kier alpha value is -2.42. The second-order valence-electron chi connectivity index (χ2n) is 5.49. The van der Waals surface area contributed by atoms with Crippen molar-refractivity contribution in [3.05, 3.63) is 65.5 Å². The summed E-state index contributed by atoms with van der Waals surface area (Å²) in [7, 11) is 0. The molecule has 0 bridgehead atoms. The van der Waals surface area contributed by atoms with Gasteiger partial charge in [0.05, 0.1) is 0 Å². The molecule has 0 fully saturated rings. The molecule has 22 heavy (non-hydrogen) atoms. The Balaban J connectivity index is 3.25. The molecule has 3 nitrogen and oxygen atoms in total. The van der Waals surface area contributed by atoms with E-state index >= 15 is 0 Å². The van der Waals surface area contributed by atoms with Gasteiger partial charge in [0.1, 0.15) is 12.1 Å². The Labute approximate surface area is 133 Å². The molecule has 0 amide bonds. The van der Waals surface area contributed by atoms with Gasteiger partial charge in [0.25, 0.3) is 0 Å². The predicted molar refractivity (Wildman–Crippen MR) is 94.6 cm³/mol. The molecule has 0 spiro atoms. The van der Waals surface area contributed by atoms with E-state index in [2.05, 4.69) is 18.2 Å². The highest BCUT2D eigenvalue weighted by molar-refractivity contribution is 6.22. The quantitative estimate of drug-likeness (QED) is 0.489. The average molecular weight is 296 g/mol. The van der Waals surface area contributed by atoms with Crippen LogP contribution in [0.15, 0.2) is 59.4 Å². The van der Waals surface area contributed by atoms with Gasteiger partial charge in [-0.05, 0) is 37.5 Å². The maximum Gasteiger partial charge on any atom is 0.127 e. The average Bonchev–Trinajstić information content (AvgIpc) is 2.46. The molecule has 0 aromatic heterocycles. The number of carbonyl (C=O) groups is 1. The van der Waals surface area contributed by atoms with Gasteiger partial charge in [0, 0.05) is 17.2 Å². The standard InChI is InChI=1S/C19H24N2O/c1-12(2)18(14(4)11-22)19(20)21-16(6)15(5)17-10-8-7-9-13(17)3/h7-11,14H,1,5,20H2,2-4,6H3/b19-18+,21-16?. The van der Waals surface area contributed by atoms with Gasteiger partial charge in [-0.15, -0.1) is 0 Å². The van der Waals surface area contributed by atoms with E-state index in [0.717, 1.165) is 34.3 Å². The number of allylic oxidation sites excluding steroid dienone is 3. The van der Waals surface area contributed by atoms with Crippen LogP contribution < -0.4 is 5.73 Å². The summed E-state index contributed by atoms with van der Waals surface area (Å²) in [6.07, 6.45) is 0.845. The molecule has 1 aromatic carbocycles. The van der Waals surface area contributed by atoms with Crippen molar-refractivity contribution in [2.75, 3.05) is 0 Å². The number of carbonyl (C=O) groups excluding carboxylic acids is 1. The van der Waals surface area contributed by atoms with Crippen molar-refractivity contribution >= 4 is 17.6 Å². The van der Waals surface area contributed by atoms with Crippen LogP contribution in [0.3, 0.4) is 0 Å². The third-order valence-corrected chi connectivity index (χ3v) is 3.59. The van der Waals surface area contributed by atoms with E-state index in [0.29, 0.717) is 11.4 Å². The Morgan fingerprint density at radius 1 is 1.27 bits per heavy atom. The molecule has 1 unspecified atom stereocenters. The van der Waals surface area contributed by atoms with Gasteiger partial charge in [0.2, 0.25) is 0 Å². The zero-order valence-corrected chi connectivity index (χ0v) is 13.8. The maximum absolute atomic E-state index is 11.0. The van der Waals surface area contributed by atoms with Crippen LogP contribution in [0.4, 0.5) is 0 Å². The lowest BCUT2D eigenvalue weighted by Gasteiger charge is -2.14. The van der Waals surface area contributed by atoms with Crippen molar-refractivity contribution in [2.45, 2.75) is 27.7 Å². The van der Waals surface area contributed by atoms with Crippen molar-refractivity contribution in [3.8, 4) is 0 Å². The number of benzene rings is 1. The second kappa shape index (κ2) is 7.55. The number of hydrogen-bond acceptors (Lipinski definition) is 3. The Kier molecular flexibility index (Phi) is 6.05. The van der Waals surface area contributed by atoms with Crippen molar-refractivity contribution in [3.63, 3.8) is 0 Å². The van der Waals surface area contributed by atoms with Gasteiger partial charge in [0.15, 0.2) is 0 Å². The molecule has 1 aromatic rings. The summed E-state index contributed by atoms with van der Waals surface area (Å²) in [5, 5.41) is 0. The molecular weight excluding hydrogens is 272 g/mol. The number of aliphatic imine (C=N–C) groups is 1. The molecule has 0 saturated carbocycles. The van der Waals surface area contributed by atoms with E-state index in [9.17, 15) is 4.79 Å². The van der Waals surface area contributed by atoms with Crippen molar-refractivity contribution in [1.29, 1.82) is 0 Å². The van der Waals surface area contributed by atoms with Crippen molar-refractivity contribution in [2.24, 2.45) is 16.6 Å². The van der Waals surface area contributed by atoms with Gasteiger partial charge in [-0.1, -0.05) is 49.9 Å². The molecule has 2 N–H and O–H groups in total. The van der Waals surface area contributed by atoms with Crippen LogP contribution in [0, 0.1) is 12.8 Å². The van der Waals surface area contributed by atoms with Crippen LogP contribution >= 0.6 is 0 Å². The largest absolute Gasteiger partial charge is 0.383 e. The minimum Gasteiger partial charge on any atom is -0.383 e. The number of nitrogens with zero attached hydrogens (tertiary/aromatic N) is 1. The van der Waals surface area contributed by atoms with E-state index < -0.39 is 0 Å². The van der Waals surface area contributed by atoms with Crippen LogP contribution in [-0.2, 0) is 4.79 Å². The molecule has 116 valence electrons. The Bertz CT molecular complexity index is 666. The van der Waals surface area contributed by atoms with Crippen molar-refractivity contribution < 1.29 is 4.79 Å². The second-order valence-corrected chi connectivity index (χ2v) is 5.49. The smallest absolute Gasteiger partial charge is 0.127 e. The van der Waals surface area contributed by atoms with Crippen LogP contribution in [0.1, 0.15) is 31.9 Å². The highest BCUT2D eigenvalue weighted by Gasteiger charge is 2.14. The number of hydrogen-bond donors (Lipinski definition) is 1. The minimum atomic E-state index is -0.333. The first-order valence-electron chi connectivity index (χ1n) is 7.21. The normalized spacial score (nSPS) is 14.1. The van der Waals surface area contributed by atoms with Gasteiger partial charge < -0.3 is 10.5 Å². The first-order chi connectivity index (χ1) is 10.3. The third kappa shape index (κ3) is 4.04. The van der Waals surface area contributed by atoms with Crippen molar-refractivity contribution in [1.82, 2.24) is 0 Å². The summed E-state index contributed by atoms with van der Waals surface area (Å²) in [4.78, 5) is 15.5. The number of rotatable bonds is 6. The van der Waals surface area contributed by atoms with E-state index in [1.54, 1.807) is 6.92 Å². The lowest BCUT2D eigenvalue weighted by atomic mass is 9.96. The van der Waals surface area contributed by atoms with E-state index in [-0.39, 0.29) is 5.92 Å².